The van der Waals surface area contributed by atoms with Crippen molar-refractivity contribution < 1.29 is 9.53 Å². The molecule has 1 aromatic rings. The van der Waals surface area contributed by atoms with Crippen LogP contribution in [0.4, 0.5) is 0 Å². The molecule has 0 amide bonds. The smallest absolute Gasteiger partial charge is 0.316 e. The molecule has 1 unspecified atom stereocenters. The number of carbonyl (C=O) groups excluding carboxylic acids is 1. The fourth-order valence-electron chi connectivity index (χ4n) is 2.07. The molecule has 1 rings (SSSR count). The fraction of sp³-hybridized carbons (Fsp3) is 0.562. The number of benzene rings is 1. The maximum atomic E-state index is 12.3. The predicted octanol–water partition coefficient (Wildman–Crippen LogP) is 3.94. The minimum absolute atomic E-state index is 0.107. The van der Waals surface area contributed by atoms with Crippen molar-refractivity contribution in [1.82, 2.24) is 0 Å². The van der Waals surface area contributed by atoms with E-state index in [-0.39, 0.29) is 5.97 Å². The van der Waals surface area contributed by atoms with Gasteiger partial charge in [-0.2, -0.15) is 0 Å². The van der Waals surface area contributed by atoms with Crippen molar-refractivity contribution >= 4 is 5.97 Å². The molecule has 0 N–H and O–H groups in total. The molecule has 0 saturated carbocycles. The van der Waals surface area contributed by atoms with Crippen molar-refractivity contribution in [2.45, 2.75) is 46.0 Å². The summed E-state index contributed by atoms with van der Waals surface area (Å²) < 4.78 is 5.44. The Balaban J connectivity index is 2.89. The highest BCUT2D eigenvalue weighted by atomic mass is 16.5. The Hall–Kier alpha value is -1.31. The van der Waals surface area contributed by atoms with Crippen LogP contribution in [-0.2, 0) is 14.9 Å². The first-order chi connectivity index (χ1) is 8.50. The Kier molecular flexibility index (Phi) is 5.39. The fourth-order valence-corrected chi connectivity index (χ4v) is 2.07. The molecule has 0 aliphatic rings. The molecule has 0 spiro atoms. The van der Waals surface area contributed by atoms with Gasteiger partial charge >= 0.3 is 5.97 Å². The van der Waals surface area contributed by atoms with E-state index in [9.17, 15) is 4.79 Å². The van der Waals surface area contributed by atoms with Gasteiger partial charge in [-0.25, -0.2) is 0 Å². The van der Waals surface area contributed by atoms with Gasteiger partial charge in [0.1, 0.15) is 0 Å². The van der Waals surface area contributed by atoms with Crippen molar-refractivity contribution in [3.63, 3.8) is 0 Å². The van der Waals surface area contributed by atoms with Crippen LogP contribution in [-0.4, -0.2) is 12.6 Å². The molecular weight excluding hydrogens is 224 g/mol. The summed E-state index contributed by atoms with van der Waals surface area (Å²) in [6.07, 6.45) is 1.77. The topological polar surface area (TPSA) is 26.3 Å². The molecule has 0 saturated heterocycles. The largest absolute Gasteiger partial charge is 0.465 e. The van der Waals surface area contributed by atoms with Crippen LogP contribution in [0.2, 0.25) is 0 Å². The van der Waals surface area contributed by atoms with Gasteiger partial charge in [-0.3, -0.25) is 4.79 Å². The summed E-state index contributed by atoms with van der Waals surface area (Å²) in [5, 5.41) is 0. The predicted molar refractivity (Wildman–Crippen MR) is 74.5 cm³/mol. The van der Waals surface area contributed by atoms with Crippen LogP contribution in [0.15, 0.2) is 30.3 Å². The first-order valence-corrected chi connectivity index (χ1v) is 6.73. The summed E-state index contributed by atoms with van der Waals surface area (Å²) in [6.45, 7) is 8.66. The lowest BCUT2D eigenvalue weighted by molar-refractivity contribution is -0.151. The average Bonchev–Trinajstić information content (AvgIpc) is 2.37. The Bertz CT molecular complexity index is 370. The zero-order chi connectivity index (χ0) is 13.6. The molecule has 0 aliphatic carbocycles. The number of carbonyl (C=O) groups is 1. The number of ether oxygens (including phenoxy) is 1. The molecule has 2 nitrogen and oxygen atoms in total. The van der Waals surface area contributed by atoms with Crippen molar-refractivity contribution in [1.29, 1.82) is 0 Å². The average molecular weight is 248 g/mol. The highest BCUT2D eigenvalue weighted by Gasteiger charge is 2.35. The number of hydrogen-bond acceptors (Lipinski definition) is 2. The van der Waals surface area contributed by atoms with Gasteiger partial charge in [-0.1, -0.05) is 57.5 Å². The summed E-state index contributed by atoms with van der Waals surface area (Å²) in [5.74, 6) is 0.264. The third-order valence-corrected chi connectivity index (χ3v) is 3.16. The van der Waals surface area contributed by atoms with E-state index in [0.717, 1.165) is 18.4 Å². The maximum absolute atomic E-state index is 12.3. The van der Waals surface area contributed by atoms with E-state index < -0.39 is 5.41 Å². The molecule has 1 atom stereocenters. The van der Waals surface area contributed by atoms with Crippen LogP contribution in [0.25, 0.3) is 0 Å². The first kappa shape index (κ1) is 14.7. The summed E-state index contributed by atoms with van der Waals surface area (Å²) in [6, 6.07) is 9.92. The van der Waals surface area contributed by atoms with Crippen LogP contribution < -0.4 is 0 Å². The van der Waals surface area contributed by atoms with E-state index in [1.807, 2.05) is 51.1 Å². The van der Waals surface area contributed by atoms with Crippen molar-refractivity contribution in [3.05, 3.63) is 35.9 Å². The minimum atomic E-state index is -0.523. The molecule has 0 aliphatic heterocycles. The van der Waals surface area contributed by atoms with E-state index in [2.05, 4.69) is 6.92 Å². The highest BCUT2D eigenvalue weighted by Crippen LogP contribution is 2.30. The minimum Gasteiger partial charge on any atom is -0.465 e. The molecule has 0 fully saturated rings. The van der Waals surface area contributed by atoms with E-state index in [1.165, 1.54) is 0 Å². The molecule has 1 aromatic carbocycles. The lowest BCUT2D eigenvalue weighted by atomic mass is 9.79. The van der Waals surface area contributed by atoms with Gasteiger partial charge in [0.15, 0.2) is 0 Å². The van der Waals surface area contributed by atoms with Crippen LogP contribution in [0.3, 0.4) is 0 Å². The molecule has 0 aromatic heterocycles. The lowest BCUT2D eigenvalue weighted by Gasteiger charge is -2.28. The lowest BCUT2D eigenvalue weighted by Crippen LogP contribution is -2.35. The van der Waals surface area contributed by atoms with E-state index in [0.29, 0.717) is 12.5 Å². The molecular formula is C16H24O2. The van der Waals surface area contributed by atoms with Gasteiger partial charge in [-0.05, 0) is 24.8 Å². The van der Waals surface area contributed by atoms with Gasteiger partial charge in [0.05, 0.1) is 12.0 Å². The first-order valence-electron chi connectivity index (χ1n) is 6.73. The SMILES string of the molecule is CCCC(C)(C(=O)OCC(C)C)c1ccccc1. The normalized spacial score (nSPS) is 14.3. The Labute approximate surface area is 110 Å². The number of rotatable bonds is 6. The van der Waals surface area contributed by atoms with Crippen molar-refractivity contribution in [3.8, 4) is 0 Å². The van der Waals surface area contributed by atoms with Gasteiger partial charge < -0.3 is 4.74 Å². The number of esters is 1. The summed E-state index contributed by atoms with van der Waals surface area (Å²) in [4.78, 5) is 12.3. The van der Waals surface area contributed by atoms with E-state index in [4.69, 9.17) is 4.74 Å². The van der Waals surface area contributed by atoms with Gasteiger partial charge in [-0.15, -0.1) is 0 Å². The zero-order valence-electron chi connectivity index (χ0n) is 11.9. The second-order valence-electron chi connectivity index (χ2n) is 5.44. The molecule has 0 radical (unpaired) electrons. The summed E-state index contributed by atoms with van der Waals surface area (Å²) >= 11 is 0. The van der Waals surface area contributed by atoms with Gasteiger partial charge in [0.2, 0.25) is 0 Å². The third-order valence-electron chi connectivity index (χ3n) is 3.16. The summed E-state index contributed by atoms with van der Waals surface area (Å²) in [7, 11) is 0. The van der Waals surface area contributed by atoms with E-state index >= 15 is 0 Å². The van der Waals surface area contributed by atoms with Crippen LogP contribution >= 0.6 is 0 Å². The van der Waals surface area contributed by atoms with Crippen LogP contribution in [0, 0.1) is 5.92 Å². The highest BCUT2D eigenvalue weighted by molar-refractivity contribution is 5.82. The second kappa shape index (κ2) is 6.58. The monoisotopic (exact) mass is 248 g/mol. The number of hydrogen-bond donors (Lipinski definition) is 0. The second-order valence-corrected chi connectivity index (χ2v) is 5.44. The van der Waals surface area contributed by atoms with Gasteiger partial charge in [0.25, 0.3) is 0 Å². The van der Waals surface area contributed by atoms with Crippen LogP contribution in [0.5, 0.6) is 0 Å². The Morgan fingerprint density at radius 3 is 2.39 bits per heavy atom. The Morgan fingerprint density at radius 1 is 1.28 bits per heavy atom. The third kappa shape index (κ3) is 3.59. The molecule has 100 valence electrons. The quantitative estimate of drug-likeness (QED) is 0.713. The molecule has 0 heterocycles. The standard InChI is InChI=1S/C16H24O2/c1-5-11-16(4,14-9-7-6-8-10-14)15(17)18-12-13(2)3/h6-10,13H,5,11-12H2,1-4H3. The maximum Gasteiger partial charge on any atom is 0.316 e. The molecule has 0 bridgehead atoms. The van der Waals surface area contributed by atoms with Gasteiger partial charge in [0, 0.05) is 0 Å². The van der Waals surface area contributed by atoms with Crippen molar-refractivity contribution in [2.75, 3.05) is 6.61 Å². The van der Waals surface area contributed by atoms with Crippen LogP contribution in [0.1, 0.15) is 46.1 Å². The summed E-state index contributed by atoms with van der Waals surface area (Å²) in [5.41, 5.74) is 0.519. The molecule has 2 heteroatoms. The zero-order valence-corrected chi connectivity index (χ0v) is 11.9. The van der Waals surface area contributed by atoms with Crippen molar-refractivity contribution in [2.24, 2.45) is 5.92 Å². The molecule has 18 heavy (non-hydrogen) atoms. The van der Waals surface area contributed by atoms with E-state index in [1.54, 1.807) is 0 Å². The Morgan fingerprint density at radius 2 is 1.89 bits per heavy atom.